The molecule has 0 spiro atoms. The lowest BCUT2D eigenvalue weighted by Crippen LogP contribution is -2.50. The summed E-state index contributed by atoms with van der Waals surface area (Å²) in [4.78, 5) is 13.9. The largest absolute Gasteiger partial charge is 0.480 e. The Morgan fingerprint density at radius 1 is 1.42 bits per heavy atom. The molecule has 4 heteroatoms. The van der Waals surface area contributed by atoms with Crippen molar-refractivity contribution in [1.82, 2.24) is 10.2 Å². The van der Waals surface area contributed by atoms with Crippen LogP contribution in [0.2, 0.25) is 0 Å². The average molecular weight is 270 g/mol. The molecule has 1 heterocycles. The molecule has 2 atom stereocenters. The van der Waals surface area contributed by atoms with E-state index in [1.807, 2.05) is 6.92 Å². The molecule has 1 aliphatic rings. The SMILES string of the molecule is CCNC(C)(CCCN1CCCCC1CC)C(=O)O. The van der Waals surface area contributed by atoms with Gasteiger partial charge in [0.2, 0.25) is 0 Å². The fraction of sp³-hybridized carbons (Fsp3) is 0.933. The molecule has 1 rings (SSSR count). The Hall–Kier alpha value is -0.610. The average Bonchev–Trinajstić information content (AvgIpc) is 2.39. The van der Waals surface area contributed by atoms with E-state index in [0.717, 1.165) is 13.0 Å². The van der Waals surface area contributed by atoms with Gasteiger partial charge in [-0.2, -0.15) is 0 Å². The quantitative estimate of drug-likeness (QED) is 0.711. The standard InChI is InChI=1S/C15H30N2O2/c1-4-13-9-6-7-11-17(13)12-8-10-15(3,14(18)19)16-5-2/h13,16H,4-12H2,1-3H3,(H,18,19). The minimum absolute atomic E-state index is 0.698. The van der Waals surface area contributed by atoms with Crippen molar-refractivity contribution < 1.29 is 9.90 Å². The summed E-state index contributed by atoms with van der Waals surface area (Å²) in [6, 6.07) is 0.712. The van der Waals surface area contributed by atoms with Gasteiger partial charge in [0, 0.05) is 6.04 Å². The molecule has 1 aliphatic heterocycles. The first-order valence-corrected chi connectivity index (χ1v) is 7.76. The minimum Gasteiger partial charge on any atom is -0.480 e. The van der Waals surface area contributed by atoms with Crippen LogP contribution in [-0.4, -0.2) is 47.2 Å². The number of nitrogens with zero attached hydrogens (tertiary/aromatic N) is 1. The smallest absolute Gasteiger partial charge is 0.323 e. The number of carbonyl (C=O) groups is 1. The molecule has 0 aliphatic carbocycles. The van der Waals surface area contributed by atoms with Gasteiger partial charge < -0.3 is 15.3 Å². The van der Waals surface area contributed by atoms with E-state index >= 15 is 0 Å². The maximum absolute atomic E-state index is 11.3. The predicted octanol–water partition coefficient (Wildman–Crippen LogP) is 2.48. The summed E-state index contributed by atoms with van der Waals surface area (Å²) < 4.78 is 0. The molecule has 0 radical (unpaired) electrons. The number of hydrogen-bond donors (Lipinski definition) is 2. The molecule has 0 aromatic carbocycles. The van der Waals surface area contributed by atoms with E-state index in [-0.39, 0.29) is 0 Å². The Kier molecular flexibility index (Phi) is 6.80. The Morgan fingerprint density at radius 2 is 2.16 bits per heavy atom. The van der Waals surface area contributed by atoms with E-state index < -0.39 is 11.5 Å². The zero-order valence-corrected chi connectivity index (χ0v) is 12.7. The first kappa shape index (κ1) is 16.4. The fourth-order valence-corrected chi connectivity index (χ4v) is 3.11. The number of hydrogen-bond acceptors (Lipinski definition) is 3. The molecule has 0 saturated carbocycles. The van der Waals surface area contributed by atoms with E-state index in [2.05, 4.69) is 17.1 Å². The molecular formula is C15H30N2O2. The van der Waals surface area contributed by atoms with Crippen molar-refractivity contribution in [2.24, 2.45) is 0 Å². The van der Waals surface area contributed by atoms with Crippen molar-refractivity contribution in [3.05, 3.63) is 0 Å². The van der Waals surface area contributed by atoms with Crippen molar-refractivity contribution in [3.63, 3.8) is 0 Å². The number of likely N-dealkylation sites (N-methyl/N-ethyl adjacent to an activating group) is 1. The number of piperidine rings is 1. The second-order valence-corrected chi connectivity index (χ2v) is 5.86. The van der Waals surface area contributed by atoms with E-state index in [9.17, 15) is 9.90 Å². The van der Waals surface area contributed by atoms with Gasteiger partial charge >= 0.3 is 5.97 Å². The van der Waals surface area contributed by atoms with E-state index in [4.69, 9.17) is 0 Å². The van der Waals surface area contributed by atoms with E-state index in [1.54, 1.807) is 6.92 Å². The van der Waals surface area contributed by atoms with Crippen LogP contribution in [0.3, 0.4) is 0 Å². The maximum atomic E-state index is 11.3. The monoisotopic (exact) mass is 270 g/mol. The lowest BCUT2D eigenvalue weighted by atomic mass is 9.94. The summed E-state index contributed by atoms with van der Waals surface area (Å²) in [6.45, 7) is 8.93. The first-order valence-electron chi connectivity index (χ1n) is 7.76. The van der Waals surface area contributed by atoms with Crippen LogP contribution in [0.5, 0.6) is 0 Å². The van der Waals surface area contributed by atoms with Gasteiger partial charge in [-0.05, 0) is 58.7 Å². The molecule has 4 nitrogen and oxygen atoms in total. The van der Waals surface area contributed by atoms with Crippen LogP contribution in [0.1, 0.15) is 59.3 Å². The Labute approximate surface area is 117 Å². The molecule has 1 fully saturated rings. The van der Waals surface area contributed by atoms with Crippen LogP contribution in [0.15, 0.2) is 0 Å². The highest BCUT2D eigenvalue weighted by molar-refractivity contribution is 5.78. The van der Waals surface area contributed by atoms with Gasteiger partial charge in [0.15, 0.2) is 0 Å². The van der Waals surface area contributed by atoms with Crippen LogP contribution in [-0.2, 0) is 4.79 Å². The molecule has 112 valence electrons. The highest BCUT2D eigenvalue weighted by atomic mass is 16.4. The van der Waals surface area contributed by atoms with Crippen molar-refractivity contribution in [2.45, 2.75) is 70.9 Å². The Bertz CT molecular complexity index is 283. The molecule has 2 N–H and O–H groups in total. The number of likely N-dealkylation sites (tertiary alicyclic amines) is 1. The molecule has 2 unspecified atom stereocenters. The molecule has 1 saturated heterocycles. The Morgan fingerprint density at radius 3 is 2.74 bits per heavy atom. The third kappa shape index (κ3) is 4.77. The summed E-state index contributed by atoms with van der Waals surface area (Å²) in [5.74, 6) is -0.736. The van der Waals surface area contributed by atoms with Crippen molar-refractivity contribution >= 4 is 5.97 Å². The highest BCUT2D eigenvalue weighted by Gasteiger charge is 2.31. The number of carboxylic acids is 1. The summed E-state index contributed by atoms with van der Waals surface area (Å²) >= 11 is 0. The van der Waals surface area contributed by atoms with E-state index in [0.29, 0.717) is 19.0 Å². The van der Waals surface area contributed by atoms with Gasteiger partial charge in [-0.1, -0.05) is 20.3 Å². The van der Waals surface area contributed by atoms with Crippen molar-refractivity contribution in [1.29, 1.82) is 0 Å². The van der Waals surface area contributed by atoms with Crippen LogP contribution in [0.4, 0.5) is 0 Å². The van der Waals surface area contributed by atoms with Gasteiger partial charge in [-0.15, -0.1) is 0 Å². The summed E-state index contributed by atoms with van der Waals surface area (Å²) in [5.41, 5.74) is -0.772. The highest BCUT2D eigenvalue weighted by Crippen LogP contribution is 2.21. The fourth-order valence-electron chi connectivity index (χ4n) is 3.11. The molecule has 0 amide bonds. The first-order chi connectivity index (χ1) is 9.03. The topological polar surface area (TPSA) is 52.6 Å². The molecule has 0 aromatic heterocycles. The van der Waals surface area contributed by atoms with Gasteiger partial charge in [0.05, 0.1) is 0 Å². The van der Waals surface area contributed by atoms with Crippen molar-refractivity contribution in [2.75, 3.05) is 19.6 Å². The number of rotatable bonds is 8. The number of nitrogens with one attached hydrogen (secondary N) is 1. The molecule has 19 heavy (non-hydrogen) atoms. The Balaban J connectivity index is 2.40. The van der Waals surface area contributed by atoms with Crippen LogP contribution in [0, 0.1) is 0 Å². The third-order valence-corrected chi connectivity index (χ3v) is 4.38. The van der Waals surface area contributed by atoms with E-state index in [1.165, 1.54) is 32.2 Å². The number of aliphatic carboxylic acids is 1. The maximum Gasteiger partial charge on any atom is 0.323 e. The normalized spacial score (nSPS) is 24.1. The van der Waals surface area contributed by atoms with Crippen LogP contribution < -0.4 is 5.32 Å². The minimum atomic E-state index is -0.772. The van der Waals surface area contributed by atoms with Gasteiger partial charge in [0.25, 0.3) is 0 Å². The lowest BCUT2D eigenvalue weighted by molar-refractivity contribution is -0.144. The van der Waals surface area contributed by atoms with Crippen LogP contribution >= 0.6 is 0 Å². The predicted molar refractivity (Wildman–Crippen MR) is 78.5 cm³/mol. The summed E-state index contributed by atoms with van der Waals surface area (Å²) in [6.07, 6.45) is 6.80. The van der Waals surface area contributed by atoms with Gasteiger partial charge in [-0.3, -0.25) is 4.79 Å². The summed E-state index contributed by atoms with van der Waals surface area (Å²) in [7, 11) is 0. The molecular weight excluding hydrogens is 240 g/mol. The summed E-state index contributed by atoms with van der Waals surface area (Å²) in [5, 5.41) is 12.4. The molecule has 0 bridgehead atoms. The second kappa shape index (κ2) is 7.85. The van der Waals surface area contributed by atoms with Crippen LogP contribution in [0.25, 0.3) is 0 Å². The van der Waals surface area contributed by atoms with Gasteiger partial charge in [-0.25, -0.2) is 0 Å². The third-order valence-electron chi connectivity index (χ3n) is 4.38. The zero-order valence-electron chi connectivity index (χ0n) is 12.7. The zero-order chi connectivity index (χ0) is 14.3. The van der Waals surface area contributed by atoms with Crippen molar-refractivity contribution in [3.8, 4) is 0 Å². The second-order valence-electron chi connectivity index (χ2n) is 5.86. The van der Waals surface area contributed by atoms with Gasteiger partial charge in [0.1, 0.15) is 5.54 Å². The number of carboxylic acid groups (broad SMARTS) is 1. The molecule has 0 aromatic rings. The lowest BCUT2D eigenvalue weighted by Gasteiger charge is -2.36.